The molecule has 1 fully saturated rings. The van der Waals surface area contributed by atoms with Gasteiger partial charge in [-0.2, -0.15) is 0 Å². The highest BCUT2D eigenvalue weighted by Gasteiger charge is 2.48. The summed E-state index contributed by atoms with van der Waals surface area (Å²) in [5.41, 5.74) is 1.41. The van der Waals surface area contributed by atoms with E-state index in [-0.39, 0.29) is 27.6 Å². The number of amides is 1. The number of ether oxygens (including phenoxy) is 1. The predicted octanol–water partition coefficient (Wildman–Crippen LogP) is 4.77. The molecule has 2 aromatic carbocycles. The molecule has 7 nitrogen and oxygen atoms in total. The van der Waals surface area contributed by atoms with E-state index in [1.807, 2.05) is 6.92 Å². The third-order valence-corrected chi connectivity index (χ3v) is 5.67. The Labute approximate surface area is 195 Å². The smallest absolute Gasteiger partial charge is 0.300 e. The molecule has 0 aliphatic carbocycles. The van der Waals surface area contributed by atoms with Crippen molar-refractivity contribution in [3.63, 3.8) is 0 Å². The molecule has 4 rings (SSSR count). The van der Waals surface area contributed by atoms with Gasteiger partial charge in [-0.15, -0.1) is 0 Å². The lowest BCUT2D eigenvalue weighted by Gasteiger charge is -2.26. The number of phenolic OH excluding ortho intramolecular Hbond substituents is 1. The molecule has 8 heteroatoms. The predicted molar refractivity (Wildman–Crippen MR) is 124 cm³/mol. The van der Waals surface area contributed by atoms with Crippen LogP contribution in [0.15, 0.2) is 66.5 Å². The molecule has 0 bridgehead atoms. The number of aromatic nitrogens is 1. The largest absolute Gasteiger partial charge is 0.507 e. The van der Waals surface area contributed by atoms with Crippen molar-refractivity contribution in [2.75, 3.05) is 11.5 Å². The number of hydrogen-bond donors (Lipinski definition) is 2. The maximum atomic E-state index is 13.2. The second-order valence-electron chi connectivity index (χ2n) is 7.52. The van der Waals surface area contributed by atoms with E-state index in [9.17, 15) is 19.8 Å². The van der Waals surface area contributed by atoms with Crippen molar-refractivity contribution >= 4 is 34.7 Å². The Hall–Kier alpha value is -3.84. The molecule has 1 amide bonds. The van der Waals surface area contributed by atoms with Crippen molar-refractivity contribution in [3.8, 4) is 11.5 Å². The highest BCUT2D eigenvalue weighted by Crippen LogP contribution is 2.45. The zero-order valence-electron chi connectivity index (χ0n) is 17.9. The van der Waals surface area contributed by atoms with Crippen LogP contribution in [0.2, 0.25) is 5.02 Å². The molecule has 1 aliphatic heterocycles. The van der Waals surface area contributed by atoms with Gasteiger partial charge in [-0.05, 0) is 61.4 Å². The van der Waals surface area contributed by atoms with Crippen molar-refractivity contribution in [1.82, 2.24) is 4.98 Å². The third kappa shape index (κ3) is 4.03. The number of aromatic hydroxyl groups is 1. The van der Waals surface area contributed by atoms with E-state index in [4.69, 9.17) is 16.3 Å². The van der Waals surface area contributed by atoms with Crippen molar-refractivity contribution in [2.45, 2.75) is 19.9 Å². The molecule has 0 saturated carbocycles. The van der Waals surface area contributed by atoms with Gasteiger partial charge in [0.1, 0.15) is 17.3 Å². The summed E-state index contributed by atoms with van der Waals surface area (Å²) >= 11 is 6.33. The molecule has 168 valence electrons. The Bertz CT molecular complexity index is 1270. The summed E-state index contributed by atoms with van der Waals surface area (Å²) in [6.07, 6.45) is 3.06. The fourth-order valence-corrected chi connectivity index (χ4v) is 4.05. The maximum absolute atomic E-state index is 13.2. The lowest BCUT2D eigenvalue weighted by atomic mass is 9.96. The van der Waals surface area contributed by atoms with Gasteiger partial charge in [0, 0.05) is 18.0 Å². The van der Waals surface area contributed by atoms with Gasteiger partial charge in [-0.1, -0.05) is 23.7 Å². The molecule has 1 unspecified atom stereocenters. The average molecular weight is 465 g/mol. The number of anilines is 1. The van der Waals surface area contributed by atoms with Crippen LogP contribution in [0.25, 0.3) is 5.76 Å². The number of halogens is 1. The molecule has 1 aromatic heterocycles. The fourth-order valence-electron chi connectivity index (χ4n) is 3.85. The summed E-state index contributed by atoms with van der Waals surface area (Å²) in [6.45, 7) is 4.02. The van der Waals surface area contributed by atoms with Crippen LogP contribution in [-0.2, 0) is 9.59 Å². The highest BCUT2D eigenvalue weighted by atomic mass is 35.5. The standard InChI is InChI=1S/C25H21ClN2O5/c1-3-33-16-7-8-18(26)17(12-16)23(30)21-22(15-5-4-10-27-13-15)28(25(32)24(21)31)19-11-14(2)6-9-20(19)29/h4-13,22,29-30H,3H2,1-2H3/b23-21+. The minimum absolute atomic E-state index is 0.152. The van der Waals surface area contributed by atoms with Crippen molar-refractivity contribution in [3.05, 3.63) is 88.2 Å². The number of pyridine rings is 1. The lowest BCUT2D eigenvalue weighted by molar-refractivity contribution is -0.132. The van der Waals surface area contributed by atoms with Crippen LogP contribution < -0.4 is 9.64 Å². The van der Waals surface area contributed by atoms with Crippen LogP contribution in [-0.4, -0.2) is 33.5 Å². The third-order valence-electron chi connectivity index (χ3n) is 5.34. The van der Waals surface area contributed by atoms with Crippen LogP contribution in [0.5, 0.6) is 11.5 Å². The number of rotatable bonds is 5. The zero-order chi connectivity index (χ0) is 23.7. The molecule has 33 heavy (non-hydrogen) atoms. The zero-order valence-corrected chi connectivity index (χ0v) is 18.7. The Kier molecular flexibility index (Phi) is 6.07. The Morgan fingerprint density at radius 2 is 1.97 bits per heavy atom. The summed E-state index contributed by atoms with van der Waals surface area (Å²) < 4.78 is 5.50. The van der Waals surface area contributed by atoms with Gasteiger partial charge in [0.15, 0.2) is 0 Å². The molecule has 2 N–H and O–H groups in total. The van der Waals surface area contributed by atoms with Gasteiger partial charge in [0.05, 0.1) is 28.9 Å². The Balaban J connectivity index is 1.98. The average Bonchev–Trinajstić information content (AvgIpc) is 3.07. The number of hydrogen-bond acceptors (Lipinski definition) is 6. The topological polar surface area (TPSA) is 100.0 Å². The second-order valence-corrected chi connectivity index (χ2v) is 7.93. The van der Waals surface area contributed by atoms with Crippen LogP contribution >= 0.6 is 11.6 Å². The molecular weight excluding hydrogens is 444 g/mol. The van der Waals surface area contributed by atoms with Gasteiger partial charge in [0.2, 0.25) is 0 Å². The number of nitrogens with zero attached hydrogens (tertiary/aromatic N) is 2. The van der Waals surface area contributed by atoms with E-state index >= 15 is 0 Å². The first-order valence-corrected chi connectivity index (χ1v) is 10.6. The Morgan fingerprint density at radius 3 is 2.67 bits per heavy atom. The summed E-state index contributed by atoms with van der Waals surface area (Å²) in [6, 6.07) is 11.8. The molecule has 2 heterocycles. The minimum atomic E-state index is -1.03. The van der Waals surface area contributed by atoms with Crippen LogP contribution in [0.3, 0.4) is 0 Å². The van der Waals surface area contributed by atoms with Crippen LogP contribution in [0, 0.1) is 6.92 Å². The van der Waals surface area contributed by atoms with Crippen LogP contribution in [0.4, 0.5) is 5.69 Å². The number of phenols is 1. The number of carbonyl (C=O) groups is 2. The molecular formula is C25H21ClN2O5. The van der Waals surface area contributed by atoms with E-state index in [1.54, 1.807) is 49.5 Å². The molecule has 3 aromatic rings. The molecule has 1 aliphatic rings. The van der Waals surface area contributed by atoms with E-state index in [0.29, 0.717) is 17.9 Å². The number of aliphatic hydroxyl groups excluding tert-OH is 1. The summed E-state index contributed by atoms with van der Waals surface area (Å²) in [5, 5.41) is 22.0. The van der Waals surface area contributed by atoms with Gasteiger partial charge in [0.25, 0.3) is 11.7 Å². The Morgan fingerprint density at radius 1 is 1.18 bits per heavy atom. The molecule has 0 spiro atoms. The van der Waals surface area contributed by atoms with Crippen LogP contribution in [0.1, 0.15) is 29.7 Å². The van der Waals surface area contributed by atoms with E-state index in [1.165, 1.54) is 23.2 Å². The fraction of sp³-hybridized carbons (Fsp3) is 0.160. The van der Waals surface area contributed by atoms with Gasteiger partial charge in [-0.3, -0.25) is 19.5 Å². The summed E-state index contributed by atoms with van der Waals surface area (Å²) in [5.74, 6) is -1.95. The number of aryl methyl sites for hydroxylation is 1. The van der Waals surface area contributed by atoms with Crippen molar-refractivity contribution in [2.24, 2.45) is 0 Å². The van der Waals surface area contributed by atoms with E-state index in [0.717, 1.165) is 5.56 Å². The monoisotopic (exact) mass is 464 g/mol. The summed E-state index contributed by atoms with van der Waals surface area (Å²) in [4.78, 5) is 31.7. The first-order chi connectivity index (χ1) is 15.8. The second kappa shape index (κ2) is 8.96. The highest BCUT2D eigenvalue weighted by molar-refractivity contribution is 6.52. The van der Waals surface area contributed by atoms with E-state index in [2.05, 4.69) is 4.98 Å². The first kappa shape index (κ1) is 22.4. The van der Waals surface area contributed by atoms with Gasteiger partial charge < -0.3 is 14.9 Å². The number of aliphatic hydroxyl groups is 1. The molecule has 1 saturated heterocycles. The quantitative estimate of drug-likeness (QED) is 0.320. The number of benzene rings is 2. The maximum Gasteiger partial charge on any atom is 0.300 e. The molecule has 1 atom stereocenters. The first-order valence-electron chi connectivity index (χ1n) is 10.3. The van der Waals surface area contributed by atoms with Crippen molar-refractivity contribution in [1.29, 1.82) is 0 Å². The molecule has 0 radical (unpaired) electrons. The normalized spacial score (nSPS) is 17.4. The number of Topliss-reactive ketones (excluding diaryl/α,β-unsaturated/α-hetero) is 1. The number of ketones is 1. The lowest BCUT2D eigenvalue weighted by Crippen LogP contribution is -2.29. The minimum Gasteiger partial charge on any atom is -0.507 e. The van der Waals surface area contributed by atoms with Gasteiger partial charge in [-0.25, -0.2) is 0 Å². The number of carbonyl (C=O) groups excluding carboxylic acids is 2. The SMILES string of the molecule is CCOc1ccc(Cl)c(/C(O)=C2\C(=O)C(=O)N(c3cc(C)ccc3O)C2c2cccnc2)c1. The summed E-state index contributed by atoms with van der Waals surface area (Å²) in [7, 11) is 0. The van der Waals surface area contributed by atoms with Gasteiger partial charge >= 0.3 is 0 Å². The van der Waals surface area contributed by atoms with Crippen molar-refractivity contribution < 1.29 is 24.5 Å². The van der Waals surface area contributed by atoms with E-state index < -0.39 is 23.5 Å².